The first-order valence-electron chi connectivity index (χ1n) is 7.68. The third-order valence-electron chi connectivity index (χ3n) is 3.74. The van der Waals surface area contributed by atoms with E-state index in [1.54, 1.807) is 4.90 Å². The molecule has 0 radical (unpaired) electrons. The molecule has 0 bridgehead atoms. The number of carbonyl (C=O) groups excluding carboxylic acids is 3. The molecule has 1 saturated heterocycles. The van der Waals surface area contributed by atoms with E-state index < -0.39 is 6.04 Å². The van der Waals surface area contributed by atoms with E-state index in [2.05, 4.69) is 5.32 Å². The Morgan fingerprint density at radius 1 is 1.19 bits per heavy atom. The summed E-state index contributed by atoms with van der Waals surface area (Å²) in [5.41, 5.74) is 0. The van der Waals surface area contributed by atoms with Crippen molar-refractivity contribution in [2.45, 2.75) is 57.9 Å². The molecule has 0 spiro atoms. The molecule has 21 heavy (non-hydrogen) atoms. The lowest BCUT2D eigenvalue weighted by atomic mass is 10.0. The molecule has 6 nitrogen and oxygen atoms in total. The van der Waals surface area contributed by atoms with Gasteiger partial charge in [-0.3, -0.25) is 9.59 Å². The third kappa shape index (κ3) is 6.14. The quantitative estimate of drug-likeness (QED) is 0.567. The first-order valence-corrected chi connectivity index (χ1v) is 7.68. The van der Waals surface area contributed by atoms with E-state index >= 15 is 0 Å². The van der Waals surface area contributed by atoms with Gasteiger partial charge in [-0.25, -0.2) is 4.79 Å². The molecule has 0 aromatic rings. The highest BCUT2D eigenvalue weighted by atomic mass is 16.5. The maximum absolute atomic E-state index is 12.2. The van der Waals surface area contributed by atoms with Crippen LogP contribution in [-0.2, 0) is 19.1 Å². The molecule has 1 aliphatic rings. The number of esters is 1. The van der Waals surface area contributed by atoms with Gasteiger partial charge < -0.3 is 15.0 Å². The number of rotatable bonds is 7. The zero-order valence-electron chi connectivity index (χ0n) is 13.0. The van der Waals surface area contributed by atoms with Crippen LogP contribution in [-0.4, -0.2) is 48.9 Å². The van der Waals surface area contributed by atoms with Crippen molar-refractivity contribution in [1.29, 1.82) is 0 Å². The molecule has 0 aromatic heterocycles. The molecule has 1 fully saturated rings. The molecule has 2 amide bonds. The van der Waals surface area contributed by atoms with Crippen LogP contribution in [0, 0.1) is 0 Å². The summed E-state index contributed by atoms with van der Waals surface area (Å²) in [6, 6.07) is -0.407. The summed E-state index contributed by atoms with van der Waals surface area (Å²) in [6.45, 7) is 2.79. The van der Waals surface area contributed by atoms with Gasteiger partial charge in [-0.1, -0.05) is 6.42 Å². The zero-order valence-corrected chi connectivity index (χ0v) is 13.0. The van der Waals surface area contributed by atoms with Gasteiger partial charge in [0.1, 0.15) is 6.04 Å². The third-order valence-corrected chi connectivity index (χ3v) is 3.74. The van der Waals surface area contributed by atoms with Crippen molar-refractivity contribution in [2.75, 3.05) is 20.2 Å². The average molecular weight is 298 g/mol. The van der Waals surface area contributed by atoms with E-state index in [9.17, 15) is 14.4 Å². The largest absolute Gasteiger partial charge is 0.467 e. The van der Waals surface area contributed by atoms with Crippen molar-refractivity contribution in [1.82, 2.24) is 10.2 Å². The van der Waals surface area contributed by atoms with Crippen LogP contribution in [0.2, 0.25) is 0 Å². The van der Waals surface area contributed by atoms with E-state index in [0.717, 1.165) is 32.1 Å². The van der Waals surface area contributed by atoms with Crippen molar-refractivity contribution in [3.63, 3.8) is 0 Å². The topological polar surface area (TPSA) is 75.7 Å². The van der Waals surface area contributed by atoms with E-state index in [1.165, 1.54) is 14.0 Å². The van der Waals surface area contributed by atoms with Crippen LogP contribution in [0.4, 0.5) is 0 Å². The molecule has 1 heterocycles. The SMILES string of the molecule is COC(=O)C1CCCCN1C(=O)CCCCCNC(C)=O. The van der Waals surface area contributed by atoms with Crippen molar-refractivity contribution >= 4 is 17.8 Å². The Hall–Kier alpha value is -1.59. The molecule has 0 aromatic carbocycles. The first-order chi connectivity index (χ1) is 10.1. The van der Waals surface area contributed by atoms with Crippen LogP contribution in [0.25, 0.3) is 0 Å². The molecule has 120 valence electrons. The maximum atomic E-state index is 12.2. The van der Waals surface area contributed by atoms with Crippen molar-refractivity contribution in [3.8, 4) is 0 Å². The fraction of sp³-hybridized carbons (Fsp3) is 0.800. The lowest BCUT2D eigenvalue weighted by Crippen LogP contribution is -2.48. The van der Waals surface area contributed by atoms with Gasteiger partial charge in [-0.15, -0.1) is 0 Å². The average Bonchev–Trinajstić information content (AvgIpc) is 2.49. The van der Waals surface area contributed by atoms with Gasteiger partial charge in [0.15, 0.2) is 0 Å². The summed E-state index contributed by atoms with van der Waals surface area (Å²) < 4.78 is 4.78. The monoisotopic (exact) mass is 298 g/mol. The maximum Gasteiger partial charge on any atom is 0.328 e. The van der Waals surface area contributed by atoms with E-state index in [0.29, 0.717) is 25.9 Å². The van der Waals surface area contributed by atoms with Gasteiger partial charge in [-0.05, 0) is 32.1 Å². The molecule has 1 atom stereocenters. The minimum Gasteiger partial charge on any atom is -0.467 e. The number of nitrogens with zero attached hydrogens (tertiary/aromatic N) is 1. The fourth-order valence-corrected chi connectivity index (χ4v) is 2.60. The highest BCUT2D eigenvalue weighted by molar-refractivity contribution is 5.84. The molecule has 0 aliphatic carbocycles. The number of hydrogen-bond donors (Lipinski definition) is 1. The van der Waals surface area contributed by atoms with Crippen molar-refractivity contribution in [2.24, 2.45) is 0 Å². The predicted molar refractivity (Wildman–Crippen MR) is 78.5 cm³/mol. The Morgan fingerprint density at radius 3 is 2.62 bits per heavy atom. The Morgan fingerprint density at radius 2 is 1.95 bits per heavy atom. The molecule has 1 aliphatic heterocycles. The molecule has 0 saturated carbocycles. The van der Waals surface area contributed by atoms with Crippen LogP contribution in [0.1, 0.15) is 51.9 Å². The second-order valence-corrected chi connectivity index (χ2v) is 5.42. The normalized spacial score (nSPS) is 18.2. The van der Waals surface area contributed by atoms with Gasteiger partial charge in [0, 0.05) is 26.4 Å². The summed E-state index contributed by atoms with van der Waals surface area (Å²) in [5, 5.41) is 2.73. The van der Waals surface area contributed by atoms with E-state index in [1.807, 2.05) is 0 Å². The molecular weight excluding hydrogens is 272 g/mol. The minimum atomic E-state index is -0.407. The second-order valence-electron chi connectivity index (χ2n) is 5.42. The summed E-state index contributed by atoms with van der Waals surface area (Å²) in [5.74, 6) is -0.307. The van der Waals surface area contributed by atoms with Crippen LogP contribution >= 0.6 is 0 Å². The highest BCUT2D eigenvalue weighted by Gasteiger charge is 2.32. The summed E-state index contributed by atoms with van der Waals surface area (Å²) in [7, 11) is 1.36. The lowest BCUT2D eigenvalue weighted by molar-refractivity contribution is -0.154. The lowest BCUT2D eigenvalue weighted by Gasteiger charge is -2.33. The molecule has 6 heteroatoms. The Balaban J connectivity index is 2.29. The second kappa shape index (κ2) is 9.37. The number of likely N-dealkylation sites (tertiary alicyclic amines) is 1. The highest BCUT2D eigenvalue weighted by Crippen LogP contribution is 2.19. The van der Waals surface area contributed by atoms with Crippen LogP contribution in [0.3, 0.4) is 0 Å². The summed E-state index contributed by atoms with van der Waals surface area (Å²) >= 11 is 0. The van der Waals surface area contributed by atoms with Crippen LogP contribution in [0.5, 0.6) is 0 Å². The standard InChI is InChI=1S/C15H26N2O4/c1-12(18)16-10-6-3-4-9-14(19)17-11-7-5-8-13(17)15(20)21-2/h13H,3-11H2,1-2H3,(H,16,18). The summed E-state index contributed by atoms with van der Waals surface area (Å²) in [6.07, 6.45) is 5.59. The Bertz CT molecular complexity index is 371. The van der Waals surface area contributed by atoms with E-state index in [4.69, 9.17) is 4.74 Å². The van der Waals surface area contributed by atoms with Gasteiger partial charge >= 0.3 is 5.97 Å². The smallest absolute Gasteiger partial charge is 0.328 e. The summed E-state index contributed by atoms with van der Waals surface area (Å²) in [4.78, 5) is 36.3. The molecular formula is C15H26N2O4. The zero-order chi connectivity index (χ0) is 15.7. The van der Waals surface area contributed by atoms with Crippen molar-refractivity contribution in [3.05, 3.63) is 0 Å². The van der Waals surface area contributed by atoms with Gasteiger partial charge in [0.05, 0.1) is 7.11 Å². The molecule has 1 N–H and O–H groups in total. The van der Waals surface area contributed by atoms with Crippen LogP contribution < -0.4 is 5.32 Å². The van der Waals surface area contributed by atoms with Crippen molar-refractivity contribution < 1.29 is 19.1 Å². The molecule has 1 unspecified atom stereocenters. The van der Waals surface area contributed by atoms with Crippen LogP contribution in [0.15, 0.2) is 0 Å². The number of unbranched alkanes of at least 4 members (excludes halogenated alkanes) is 2. The van der Waals surface area contributed by atoms with Gasteiger partial charge in [0.2, 0.25) is 11.8 Å². The molecule has 1 rings (SSSR count). The number of hydrogen-bond acceptors (Lipinski definition) is 4. The number of nitrogens with one attached hydrogen (secondary N) is 1. The number of piperidine rings is 1. The Labute approximate surface area is 126 Å². The number of carbonyl (C=O) groups is 3. The minimum absolute atomic E-state index is 0.0275. The van der Waals surface area contributed by atoms with Gasteiger partial charge in [-0.2, -0.15) is 0 Å². The first kappa shape index (κ1) is 17.5. The number of ether oxygens (including phenoxy) is 1. The van der Waals surface area contributed by atoms with Gasteiger partial charge in [0.25, 0.3) is 0 Å². The fourth-order valence-electron chi connectivity index (χ4n) is 2.60. The number of amides is 2. The Kier molecular flexibility index (Phi) is 7.79. The van der Waals surface area contributed by atoms with E-state index in [-0.39, 0.29) is 17.8 Å². The number of methoxy groups -OCH3 is 1. The predicted octanol–water partition coefficient (Wildman–Crippen LogP) is 1.24.